The molecule has 1 atom stereocenters. The van der Waals surface area contributed by atoms with Gasteiger partial charge in [0.2, 0.25) is 0 Å². The summed E-state index contributed by atoms with van der Waals surface area (Å²) in [5.41, 5.74) is 3.63. The maximum absolute atomic E-state index is 12.7. The van der Waals surface area contributed by atoms with E-state index in [0.717, 1.165) is 22.5 Å². The van der Waals surface area contributed by atoms with E-state index in [1.165, 1.54) is 0 Å². The lowest BCUT2D eigenvalue weighted by Crippen LogP contribution is -2.45. The summed E-state index contributed by atoms with van der Waals surface area (Å²) in [7, 11) is 3.85. The largest absolute Gasteiger partial charge is 0.350 e. The SMILES string of the molecule is CN1C(=O)c2ccccc2N(C)[C@H]1c1ccn(-c2ccccc2Cl)c1. The minimum Gasteiger partial charge on any atom is -0.350 e. The summed E-state index contributed by atoms with van der Waals surface area (Å²) in [6.45, 7) is 0. The van der Waals surface area contributed by atoms with Gasteiger partial charge in [-0.1, -0.05) is 35.9 Å². The van der Waals surface area contributed by atoms with Gasteiger partial charge in [0.05, 0.1) is 22.0 Å². The minimum absolute atomic E-state index is 0.0317. The van der Waals surface area contributed by atoms with Crippen LogP contribution in [0.4, 0.5) is 5.69 Å². The van der Waals surface area contributed by atoms with Crippen molar-refractivity contribution in [1.82, 2.24) is 9.47 Å². The maximum atomic E-state index is 12.7. The molecule has 0 radical (unpaired) electrons. The van der Waals surface area contributed by atoms with Gasteiger partial charge in [0.25, 0.3) is 5.91 Å². The van der Waals surface area contributed by atoms with Crippen LogP contribution in [-0.2, 0) is 0 Å². The van der Waals surface area contributed by atoms with Gasteiger partial charge in [-0.15, -0.1) is 0 Å². The van der Waals surface area contributed by atoms with Crippen LogP contribution >= 0.6 is 11.6 Å². The van der Waals surface area contributed by atoms with Crippen molar-refractivity contribution in [2.75, 3.05) is 19.0 Å². The lowest BCUT2D eigenvalue weighted by atomic mass is 10.0. The molecule has 0 bridgehead atoms. The molecule has 0 saturated carbocycles. The minimum atomic E-state index is -0.161. The molecule has 0 N–H and O–H groups in total. The van der Waals surface area contributed by atoms with Gasteiger partial charge < -0.3 is 14.4 Å². The Kier molecular flexibility index (Phi) is 3.77. The summed E-state index contributed by atoms with van der Waals surface area (Å²) < 4.78 is 1.99. The van der Waals surface area contributed by atoms with Gasteiger partial charge in [-0.3, -0.25) is 4.79 Å². The number of benzene rings is 2. The Morgan fingerprint density at radius 2 is 1.56 bits per heavy atom. The molecule has 0 spiro atoms. The second-order valence-electron chi connectivity index (χ2n) is 6.22. The van der Waals surface area contributed by atoms with Crippen molar-refractivity contribution >= 4 is 23.2 Å². The first-order chi connectivity index (χ1) is 12.1. The molecule has 2 aromatic carbocycles. The lowest BCUT2D eigenvalue weighted by Gasteiger charge is -2.41. The first-order valence-electron chi connectivity index (χ1n) is 8.10. The number of amides is 1. The second-order valence-corrected chi connectivity index (χ2v) is 6.63. The molecule has 1 aliphatic heterocycles. The van der Waals surface area contributed by atoms with Crippen LogP contribution in [0.5, 0.6) is 0 Å². The number of nitrogens with zero attached hydrogens (tertiary/aromatic N) is 3. The van der Waals surface area contributed by atoms with Crippen LogP contribution < -0.4 is 4.90 Å². The first-order valence-corrected chi connectivity index (χ1v) is 8.47. The molecule has 25 heavy (non-hydrogen) atoms. The fraction of sp³-hybridized carbons (Fsp3) is 0.150. The summed E-state index contributed by atoms with van der Waals surface area (Å²) in [5.74, 6) is 0.0317. The van der Waals surface area contributed by atoms with Gasteiger partial charge in [0.1, 0.15) is 6.17 Å². The van der Waals surface area contributed by atoms with E-state index >= 15 is 0 Å². The predicted octanol–water partition coefficient (Wildman–Crippen LogP) is 4.35. The summed E-state index contributed by atoms with van der Waals surface area (Å²) in [4.78, 5) is 16.6. The van der Waals surface area contributed by atoms with E-state index in [2.05, 4.69) is 4.90 Å². The molecular weight excluding hydrogens is 334 g/mol. The van der Waals surface area contributed by atoms with Gasteiger partial charge in [-0.05, 0) is 30.3 Å². The molecular formula is C20H18ClN3O. The number of carbonyl (C=O) groups is 1. The van der Waals surface area contributed by atoms with Crippen LogP contribution in [0.3, 0.4) is 0 Å². The number of halogens is 1. The molecule has 4 nitrogen and oxygen atoms in total. The van der Waals surface area contributed by atoms with Gasteiger partial charge in [0, 0.05) is 32.1 Å². The number of hydrogen-bond donors (Lipinski definition) is 0. The highest BCUT2D eigenvalue weighted by Crippen LogP contribution is 2.37. The topological polar surface area (TPSA) is 28.5 Å². The van der Waals surface area contributed by atoms with Crippen molar-refractivity contribution in [2.45, 2.75) is 6.17 Å². The van der Waals surface area contributed by atoms with Crippen molar-refractivity contribution in [3.05, 3.63) is 83.1 Å². The summed E-state index contributed by atoms with van der Waals surface area (Å²) in [6.07, 6.45) is 3.84. The molecule has 0 aliphatic carbocycles. The van der Waals surface area contributed by atoms with E-state index in [4.69, 9.17) is 11.6 Å². The van der Waals surface area contributed by atoms with Gasteiger partial charge in [-0.2, -0.15) is 0 Å². The number of aromatic nitrogens is 1. The third kappa shape index (κ3) is 2.50. The molecule has 0 saturated heterocycles. The van der Waals surface area contributed by atoms with Gasteiger partial charge in [0.15, 0.2) is 0 Å². The number of carbonyl (C=O) groups excluding carboxylic acids is 1. The Morgan fingerprint density at radius 1 is 0.880 bits per heavy atom. The predicted molar refractivity (Wildman–Crippen MR) is 100 cm³/mol. The van der Waals surface area contributed by atoms with Crippen LogP contribution in [0, 0.1) is 0 Å². The Labute approximate surface area is 151 Å². The van der Waals surface area contributed by atoms with Crippen molar-refractivity contribution < 1.29 is 4.79 Å². The van der Waals surface area contributed by atoms with Gasteiger partial charge in [-0.25, -0.2) is 0 Å². The molecule has 2 heterocycles. The third-order valence-corrected chi connectivity index (χ3v) is 5.03. The number of fused-ring (bicyclic) bond motifs is 1. The van der Waals surface area contributed by atoms with E-state index in [0.29, 0.717) is 5.02 Å². The zero-order valence-corrected chi connectivity index (χ0v) is 14.8. The molecule has 0 fully saturated rings. The van der Waals surface area contributed by atoms with Crippen molar-refractivity contribution in [1.29, 1.82) is 0 Å². The number of rotatable bonds is 2. The molecule has 1 amide bonds. The van der Waals surface area contributed by atoms with Crippen molar-refractivity contribution in [3.8, 4) is 5.69 Å². The Hall–Kier alpha value is -2.72. The Bertz CT molecular complexity index is 949. The molecule has 3 aromatic rings. The third-order valence-electron chi connectivity index (χ3n) is 4.71. The fourth-order valence-electron chi connectivity index (χ4n) is 3.48. The lowest BCUT2D eigenvalue weighted by molar-refractivity contribution is 0.0711. The summed E-state index contributed by atoms with van der Waals surface area (Å²) >= 11 is 6.31. The van der Waals surface area contributed by atoms with Crippen molar-refractivity contribution in [3.63, 3.8) is 0 Å². The smallest absolute Gasteiger partial charge is 0.257 e. The monoisotopic (exact) mass is 351 g/mol. The Balaban J connectivity index is 1.76. The fourth-order valence-corrected chi connectivity index (χ4v) is 3.71. The highest BCUT2D eigenvalue weighted by Gasteiger charge is 2.34. The average molecular weight is 352 g/mol. The standard InChI is InChI=1S/C20H18ClN3O/c1-22-17-9-5-3-7-15(17)20(25)23(2)19(22)14-11-12-24(13-14)18-10-6-4-8-16(18)21/h3-13,19H,1-2H3/t19-/m1/s1. The van der Waals surface area contributed by atoms with Crippen LogP contribution in [0.1, 0.15) is 22.1 Å². The molecule has 0 unspecified atom stereocenters. The van der Waals surface area contributed by atoms with Crippen LogP contribution in [0.15, 0.2) is 67.0 Å². The molecule has 5 heteroatoms. The second kappa shape index (κ2) is 5.97. The van der Waals surface area contributed by atoms with E-state index in [9.17, 15) is 4.79 Å². The zero-order valence-electron chi connectivity index (χ0n) is 14.1. The molecule has 4 rings (SSSR count). The maximum Gasteiger partial charge on any atom is 0.257 e. The molecule has 126 valence electrons. The summed E-state index contributed by atoms with van der Waals surface area (Å²) in [6, 6.07) is 17.5. The molecule has 1 aromatic heterocycles. The van der Waals surface area contributed by atoms with E-state index in [1.54, 1.807) is 4.90 Å². The molecule has 1 aliphatic rings. The van der Waals surface area contributed by atoms with Crippen LogP contribution in [0.25, 0.3) is 5.69 Å². The number of anilines is 1. The summed E-state index contributed by atoms with van der Waals surface area (Å²) in [5, 5.41) is 0.691. The normalized spacial score (nSPS) is 16.9. The van der Waals surface area contributed by atoms with Crippen LogP contribution in [0.2, 0.25) is 5.02 Å². The van der Waals surface area contributed by atoms with E-state index < -0.39 is 0 Å². The highest BCUT2D eigenvalue weighted by molar-refractivity contribution is 6.32. The van der Waals surface area contributed by atoms with E-state index in [-0.39, 0.29) is 12.1 Å². The number of para-hydroxylation sites is 2. The van der Waals surface area contributed by atoms with Crippen LogP contribution in [-0.4, -0.2) is 29.5 Å². The average Bonchev–Trinajstić information content (AvgIpc) is 3.10. The quantitative estimate of drug-likeness (QED) is 0.686. The first kappa shape index (κ1) is 15.8. The van der Waals surface area contributed by atoms with Gasteiger partial charge >= 0.3 is 0 Å². The number of hydrogen-bond acceptors (Lipinski definition) is 2. The highest BCUT2D eigenvalue weighted by atomic mass is 35.5. The Morgan fingerprint density at radius 3 is 2.32 bits per heavy atom. The van der Waals surface area contributed by atoms with E-state index in [1.807, 2.05) is 85.7 Å². The van der Waals surface area contributed by atoms with Crippen molar-refractivity contribution in [2.24, 2.45) is 0 Å². The zero-order chi connectivity index (χ0) is 17.6.